The number of nitrogens with one attached hydrogen (secondary N) is 2. The van der Waals surface area contributed by atoms with Crippen molar-refractivity contribution in [3.8, 4) is 0 Å². The fraction of sp³-hybridized carbons (Fsp3) is 0.857. The molecule has 0 aromatic rings. The molecule has 0 aliphatic rings. The van der Waals surface area contributed by atoms with E-state index < -0.39 is 17.2 Å². The van der Waals surface area contributed by atoms with E-state index in [1.807, 2.05) is 41.5 Å². The van der Waals surface area contributed by atoms with Crippen LogP contribution in [0, 0.1) is 0 Å². The molecule has 7 heteroatoms. The summed E-state index contributed by atoms with van der Waals surface area (Å²) in [5, 5.41) is 5.77. The zero-order valence-electron chi connectivity index (χ0n) is 14.2. The third-order valence-corrected chi connectivity index (χ3v) is 2.29. The number of carbonyl (C=O) groups is 1. The lowest BCUT2D eigenvalue weighted by Crippen LogP contribution is -2.49. The molecule has 0 rings (SSSR count). The van der Waals surface area contributed by atoms with Crippen LogP contribution < -0.4 is 16.4 Å². The number of guanidine groups is 1. The second-order valence-electron chi connectivity index (χ2n) is 6.71. The minimum atomic E-state index is -0.556. The second-order valence-corrected chi connectivity index (χ2v) is 6.71. The molecular formula is C14H30N4O3. The molecule has 0 bridgehead atoms. The van der Waals surface area contributed by atoms with E-state index >= 15 is 0 Å². The topological polar surface area (TPSA) is 98.0 Å². The summed E-state index contributed by atoms with van der Waals surface area (Å²) >= 11 is 0. The number of ether oxygens (including phenoxy) is 2. The van der Waals surface area contributed by atoms with Crippen molar-refractivity contribution in [1.29, 1.82) is 0 Å². The summed E-state index contributed by atoms with van der Waals surface area (Å²) in [6, 6.07) is 0.0701. The molecule has 0 radical (unpaired) electrons. The Bertz CT molecular complexity index is 362. The highest BCUT2D eigenvalue weighted by molar-refractivity contribution is 5.78. The van der Waals surface area contributed by atoms with Crippen LogP contribution in [0.1, 0.15) is 41.5 Å². The third kappa shape index (κ3) is 10.9. The van der Waals surface area contributed by atoms with Gasteiger partial charge in [-0.3, -0.25) is 4.99 Å². The summed E-state index contributed by atoms with van der Waals surface area (Å²) in [6.45, 7) is 12.0. The molecule has 1 amide bonds. The van der Waals surface area contributed by atoms with Gasteiger partial charge in [0.25, 0.3) is 0 Å². The van der Waals surface area contributed by atoms with Crippen molar-refractivity contribution in [3.05, 3.63) is 0 Å². The molecular weight excluding hydrogens is 272 g/mol. The van der Waals surface area contributed by atoms with Crippen LogP contribution in [0.4, 0.5) is 4.79 Å². The van der Waals surface area contributed by atoms with Gasteiger partial charge >= 0.3 is 6.09 Å². The first-order valence-corrected chi connectivity index (χ1v) is 7.02. The molecule has 0 aliphatic carbocycles. The van der Waals surface area contributed by atoms with E-state index in [1.165, 1.54) is 0 Å². The van der Waals surface area contributed by atoms with Gasteiger partial charge in [-0.05, 0) is 41.5 Å². The first kappa shape index (κ1) is 19.5. The van der Waals surface area contributed by atoms with Gasteiger partial charge in [0.05, 0.1) is 18.7 Å². The highest BCUT2D eigenvalue weighted by atomic mass is 16.6. The first-order valence-electron chi connectivity index (χ1n) is 7.02. The van der Waals surface area contributed by atoms with Crippen LogP contribution in [-0.2, 0) is 9.47 Å². The van der Waals surface area contributed by atoms with Crippen molar-refractivity contribution >= 4 is 12.1 Å². The highest BCUT2D eigenvalue weighted by Gasteiger charge is 2.24. The second kappa shape index (κ2) is 8.07. The Labute approximate surface area is 127 Å². The lowest BCUT2D eigenvalue weighted by atomic mass is 10.1. The van der Waals surface area contributed by atoms with Gasteiger partial charge in [-0.15, -0.1) is 0 Å². The van der Waals surface area contributed by atoms with Crippen molar-refractivity contribution in [2.75, 3.05) is 20.3 Å². The minimum Gasteiger partial charge on any atom is -0.444 e. The Hall–Kier alpha value is -1.50. The molecule has 0 spiro atoms. The SMILES string of the molecule is COCC(C)NC(N)=NCC(C)(C)NC(=O)OC(C)(C)C. The number of aliphatic imine (C=N–C) groups is 1. The molecule has 7 nitrogen and oxygen atoms in total. The van der Waals surface area contributed by atoms with Gasteiger partial charge in [0.1, 0.15) is 5.60 Å². The maximum atomic E-state index is 11.7. The fourth-order valence-corrected chi connectivity index (χ4v) is 1.49. The lowest BCUT2D eigenvalue weighted by Gasteiger charge is -2.27. The number of hydrogen-bond acceptors (Lipinski definition) is 4. The van der Waals surface area contributed by atoms with Crippen LogP contribution >= 0.6 is 0 Å². The van der Waals surface area contributed by atoms with Crippen molar-refractivity contribution in [3.63, 3.8) is 0 Å². The summed E-state index contributed by atoms with van der Waals surface area (Å²) in [7, 11) is 1.62. The Morgan fingerprint density at radius 3 is 2.33 bits per heavy atom. The average Bonchev–Trinajstić information content (AvgIpc) is 2.23. The summed E-state index contributed by atoms with van der Waals surface area (Å²) in [5.74, 6) is 0.318. The molecule has 0 aliphatic heterocycles. The normalized spacial score (nSPS) is 14.5. The average molecular weight is 302 g/mol. The summed E-state index contributed by atoms with van der Waals surface area (Å²) < 4.78 is 10.2. The summed E-state index contributed by atoms with van der Waals surface area (Å²) in [4.78, 5) is 16.0. The third-order valence-electron chi connectivity index (χ3n) is 2.29. The summed E-state index contributed by atoms with van der Waals surface area (Å²) in [6.07, 6.45) is -0.470. The number of alkyl carbamates (subject to hydrolysis) is 1. The van der Waals surface area contributed by atoms with Gasteiger partial charge in [0, 0.05) is 13.2 Å². The zero-order valence-corrected chi connectivity index (χ0v) is 14.2. The largest absolute Gasteiger partial charge is 0.444 e. The molecule has 1 unspecified atom stereocenters. The molecule has 0 heterocycles. The maximum absolute atomic E-state index is 11.7. The van der Waals surface area contributed by atoms with Gasteiger partial charge in [0.15, 0.2) is 5.96 Å². The molecule has 0 saturated heterocycles. The Morgan fingerprint density at radius 2 is 1.86 bits per heavy atom. The van der Waals surface area contributed by atoms with Crippen LogP contribution in [0.25, 0.3) is 0 Å². The number of hydrogen-bond donors (Lipinski definition) is 3. The van der Waals surface area contributed by atoms with Crippen LogP contribution in [0.3, 0.4) is 0 Å². The van der Waals surface area contributed by atoms with Crippen molar-refractivity contribution in [1.82, 2.24) is 10.6 Å². The highest BCUT2D eigenvalue weighted by Crippen LogP contribution is 2.09. The number of rotatable bonds is 6. The molecule has 4 N–H and O–H groups in total. The monoisotopic (exact) mass is 302 g/mol. The number of carbonyl (C=O) groups excluding carboxylic acids is 1. The van der Waals surface area contributed by atoms with Crippen LogP contribution in [0.2, 0.25) is 0 Å². The van der Waals surface area contributed by atoms with E-state index in [-0.39, 0.29) is 6.04 Å². The van der Waals surface area contributed by atoms with Crippen LogP contribution in [-0.4, -0.2) is 49.5 Å². The molecule has 0 saturated carbocycles. The van der Waals surface area contributed by atoms with E-state index in [1.54, 1.807) is 7.11 Å². The number of amides is 1. The van der Waals surface area contributed by atoms with Gasteiger partial charge < -0.3 is 25.8 Å². The predicted octanol–water partition coefficient (Wildman–Crippen LogP) is 1.23. The number of methoxy groups -OCH3 is 1. The van der Waals surface area contributed by atoms with Gasteiger partial charge in [-0.25, -0.2) is 4.79 Å². The molecule has 1 atom stereocenters. The van der Waals surface area contributed by atoms with Crippen LogP contribution in [0.5, 0.6) is 0 Å². The predicted molar refractivity (Wildman–Crippen MR) is 84.4 cm³/mol. The van der Waals surface area contributed by atoms with Crippen molar-refractivity contribution < 1.29 is 14.3 Å². The number of nitrogens with zero attached hydrogens (tertiary/aromatic N) is 1. The maximum Gasteiger partial charge on any atom is 0.408 e. The molecule has 124 valence electrons. The smallest absolute Gasteiger partial charge is 0.408 e. The van der Waals surface area contributed by atoms with Crippen molar-refractivity contribution in [2.45, 2.75) is 58.7 Å². The van der Waals surface area contributed by atoms with E-state index in [0.717, 1.165) is 0 Å². The molecule has 0 aromatic carbocycles. The quantitative estimate of drug-likeness (QED) is 0.506. The summed E-state index contributed by atoms with van der Waals surface area (Å²) in [5.41, 5.74) is 4.70. The molecule has 21 heavy (non-hydrogen) atoms. The van der Waals surface area contributed by atoms with Gasteiger partial charge in [-0.1, -0.05) is 0 Å². The number of nitrogens with two attached hydrogens (primary N) is 1. The Kier molecular flexibility index (Phi) is 7.49. The van der Waals surface area contributed by atoms with E-state index in [9.17, 15) is 4.79 Å². The lowest BCUT2D eigenvalue weighted by molar-refractivity contribution is 0.0476. The van der Waals surface area contributed by atoms with Crippen molar-refractivity contribution in [2.24, 2.45) is 10.7 Å². The first-order chi connectivity index (χ1) is 9.45. The standard InChI is InChI=1S/C14H30N4O3/c1-10(8-20-7)17-11(15)16-9-14(5,6)18-12(19)21-13(2,3)4/h10H,8-9H2,1-7H3,(H,18,19)(H3,15,16,17). The molecule has 0 aromatic heterocycles. The Morgan fingerprint density at radius 1 is 1.29 bits per heavy atom. The van der Waals surface area contributed by atoms with Gasteiger partial charge in [-0.2, -0.15) is 0 Å². The van der Waals surface area contributed by atoms with Gasteiger partial charge in [0.2, 0.25) is 0 Å². The van der Waals surface area contributed by atoms with E-state index in [4.69, 9.17) is 15.2 Å². The van der Waals surface area contributed by atoms with E-state index in [0.29, 0.717) is 19.1 Å². The zero-order chi connectivity index (χ0) is 16.7. The Balaban J connectivity index is 4.37. The fourth-order valence-electron chi connectivity index (χ4n) is 1.49. The van der Waals surface area contributed by atoms with E-state index in [2.05, 4.69) is 15.6 Å². The van der Waals surface area contributed by atoms with Crippen LogP contribution in [0.15, 0.2) is 4.99 Å². The molecule has 0 fully saturated rings. The minimum absolute atomic E-state index is 0.0701.